The normalized spacial score (nSPS) is 18.1. The molecule has 112 valence electrons. The molecule has 2 heterocycles. The van der Waals surface area contributed by atoms with E-state index < -0.39 is 0 Å². The first kappa shape index (κ1) is 14.3. The summed E-state index contributed by atoms with van der Waals surface area (Å²) in [6.07, 6.45) is 3.04. The van der Waals surface area contributed by atoms with Gasteiger partial charge in [0.1, 0.15) is 5.82 Å². The number of pyridine rings is 1. The molecule has 2 N–H and O–H groups in total. The van der Waals surface area contributed by atoms with Crippen molar-refractivity contribution < 1.29 is 0 Å². The minimum absolute atomic E-state index is 0.521. The number of anilines is 1. The summed E-state index contributed by atoms with van der Waals surface area (Å²) in [5, 5.41) is 2.51. The van der Waals surface area contributed by atoms with Crippen molar-refractivity contribution >= 4 is 16.6 Å². The summed E-state index contributed by atoms with van der Waals surface area (Å²) < 4.78 is 0. The molecule has 1 aromatic heterocycles. The summed E-state index contributed by atoms with van der Waals surface area (Å²) in [6.45, 7) is 7.16. The van der Waals surface area contributed by atoms with E-state index in [9.17, 15) is 0 Å². The molecule has 1 aliphatic heterocycles. The average molecular weight is 284 g/mol. The van der Waals surface area contributed by atoms with Crippen molar-refractivity contribution in [3.05, 3.63) is 36.5 Å². The lowest BCUT2D eigenvalue weighted by Gasteiger charge is -2.39. The first-order chi connectivity index (χ1) is 10.3. The Labute approximate surface area is 126 Å². The third kappa shape index (κ3) is 2.87. The van der Waals surface area contributed by atoms with Gasteiger partial charge in [-0.3, -0.25) is 4.90 Å². The molecule has 4 heteroatoms. The summed E-state index contributed by atoms with van der Waals surface area (Å²) >= 11 is 0. The Balaban J connectivity index is 1.77. The Bertz CT molecular complexity index is 581. The fourth-order valence-electron chi connectivity index (χ4n) is 3.23. The first-order valence-electron chi connectivity index (χ1n) is 7.86. The van der Waals surface area contributed by atoms with Crippen LogP contribution in [-0.4, -0.2) is 48.6 Å². The second-order valence-corrected chi connectivity index (χ2v) is 5.68. The predicted molar refractivity (Wildman–Crippen MR) is 88.7 cm³/mol. The smallest absolute Gasteiger partial charge is 0.136 e. The monoisotopic (exact) mass is 284 g/mol. The van der Waals surface area contributed by atoms with Crippen molar-refractivity contribution in [3.63, 3.8) is 0 Å². The second kappa shape index (κ2) is 6.41. The number of hydrogen-bond donors (Lipinski definition) is 1. The minimum Gasteiger partial charge on any atom is -0.354 e. The van der Waals surface area contributed by atoms with Crippen molar-refractivity contribution in [2.24, 2.45) is 5.73 Å². The highest BCUT2D eigenvalue weighted by Crippen LogP contribution is 2.25. The van der Waals surface area contributed by atoms with E-state index in [-0.39, 0.29) is 0 Å². The lowest BCUT2D eigenvalue weighted by molar-refractivity contribution is 0.184. The van der Waals surface area contributed by atoms with Gasteiger partial charge in [-0.2, -0.15) is 0 Å². The Morgan fingerprint density at radius 2 is 1.90 bits per heavy atom. The van der Waals surface area contributed by atoms with E-state index in [1.54, 1.807) is 0 Å². The molecule has 0 spiro atoms. The van der Waals surface area contributed by atoms with E-state index in [1.807, 2.05) is 6.20 Å². The zero-order valence-corrected chi connectivity index (χ0v) is 12.7. The summed E-state index contributed by atoms with van der Waals surface area (Å²) in [5.41, 5.74) is 5.87. The molecule has 0 bridgehead atoms. The van der Waals surface area contributed by atoms with Gasteiger partial charge < -0.3 is 10.6 Å². The number of hydrogen-bond acceptors (Lipinski definition) is 4. The van der Waals surface area contributed by atoms with Crippen LogP contribution in [-0.2, 0) is 0 Å². The zero-order valence-electron chi connectivity index (χ0n) is 12.7. The van der Waals surface area contributed by atoms with Gasteiger partial charge in [-0.15, -0.1) is 0 Å². The van der Waals surface area contributed by atoms with Gasteiger partial charge in [0.25, 0.3) is 0 Å². The molecular formula is C17H24N4. The van der Waals surface area contributed by atoms with Gasteiger partial charge in [0.2, 0.25) is 0 Å². The summed E-state index contributed by atoms with van der Waals surface area (Å²) in [7, 11) is 0. The average Bonchev–Trinajstić information content (AvgIpc) is 2.56. The number of rotatable bonds is 4. The Morgan fingerprint density at radius 1 is 1.14 bits per heavy atom. The van der Waals surface area contributed by atoms with Crippen molar-refractivity contribution in [1.29, 1.82) is 0 Å². The van der Waals surface area contributed by atoms with Gasteiger partial charge in [-0.25, -0.2) is 4.98 Å². The van der Waals surface area contributed by atoms with Gasteiger partial charge in [0.15, 0.2) is 0 Å². The van der Waals surface area contributed by atoms with Gasteiger partial charge in [-0.05, 0) is 17.9 Å². The molecule has 21 heavy (non-hydrogen) atoms. The van der Waals surface area contributed by atoms with Gasteiger partial charge in [0, 0.05) is 50.3 Å². The fourth-order valence-corrected chi connectivity index (χ4v) is 3.23. The lowest BCUT2D eigenvalue weighted by Crippen LogP contribution is -2.52. The zero-order chi connectivity index (χ0) is 14.7. The number of piperazine rings is 1. The van der Waals surface area contributed by atoms with E-state index in [0.717, 1.165) is 45.0 Å². The molecule has 1 unspecified atom stereocenters. The van der Waals surface area contributed by atoms with Crippen LogP contribution in [0.5, 0.6) is 0 Å². The third-order valence-electron chi connectivity index (χ3n) is 4.53. The quantitative estimate of drug-likeness (QED) is 0.934. The van der Waals surface area contributed by atoms with Crippen LogP contribution in [0.15, 0.2) is 36.5 Å². The summed E-state index contributed by atoms with van der Waals surface area (Å²) in [6, 6.07) is 11.1. The van der Waals surface area contributed by atoms with Crippen LogP contribution in [0.2, 0.25) is 0 Å². The van der Waals surface area contributed by atoms with Crippen LogP contribution >= 0.6 is 0 Å². The largest absolute Gasteiger partial charge is 0.354 e. The highest BCUT2D eigenvalue weighted by Gasteiger charge is 2.23. The Kier molecular flexibility index (Phi) is 4.36. The van der Waals surface area contributed by atoms with E-state index >= 15 is 0 Å². The van der Waals surface area contributed by atoms with Crippen molar-refractivity contribution in [2.75, 3.05) is 37.6 Å². The van der Waals surface area contributed by atoms with Crippen LogP contribution < -0.4 is 10.6 Å². The number of nitrogens with two attached hydrogens (primary N) is 1. The highest BCUT2D eigenvalue weighted by molar-refractivity contribution is 5.92. The van der Waals surface area contributed by atoms with Crippen LogP contribution in [0.25, 0.3) is 10.8 Å². The van der Waals surface area contributed by atoms with Crippen molar-refractivity contribution in [3.8, 4) is 0 Å². The van der Waals surface area contributed by atoms with Crippen LogP contribution in [0.3, 0.4) is 0 Å². The topological polar surface area (TPSA) is 45.4 Å². The van der Waals surface area contributed by atoms with Gasteiger partial charge in [0.05, 0.1) is 0 Å². The second-order valence-electron chi connectivity index (χ2n) is 5.68. The standard InChI is InChI=1S/C17H24N4/c1-2-15(13-18)20-9-11-21(12-10-20)17-16-6-4-3-5-14(16)7-8-19-17/h3-8,15H,2,9-13,18H2,1H3. The first-order valence-corrected chi connectivity index (χ1v) is 7.86. The van der Waals surface area contributed by atoms with Crippen LogP contribution in [0.4, 0.5) is 5.82 Å². The molecule has 3 rings (SSSR count). The number of nitrogens with zero attached hydrogens (tertiary/aromatic N) is 3. The van der Waals surface area contributed by atoms with Gasteiger partial charge >= 0.3 is 0 Å². The lowest BCUT2D eigenvalue weighted by atomic mass is 10.1. The molecular weight excluding hydrogens is 260 g/mol. The minimum atomic E-state index is 0.521. The van der Waals surface area contributed by atoms with Crippen molar-refractivity contribution in [1.82, 2.24) is 9.88 Å². The van der Waals surface area contributed by atoms with Gasteiger partial charge in [-0.1, -0.05) is 31.2 Å². The van der Waals surface area contributed by atoms with E-state index in [2.05, 4.69) is 52.0 Å². The van der Waals surface area contributed by atoms with E-state index in [0.29, 0.717) is 6.04 Å². The predicted octanol–water partition coefficient (Wildman–Crippen LogP) is 2.09. The van der Waals surface area contributed by atoms with Crippen LogP contribution in [0, 0.1) is 0 Å². The molecule has 1 aliphatic rings. The molecule has 0 radical (unpaired) electrons. The Morgan fingerprint density at radius 3 is 2.62 bits per heavy atom. The molecule has 4 nitrogen and oxygen atoms in total. The van der Waals surface area contributed by atoms with Crippen molar-refractivity contribution in [2.45, 2.75) is 19.4 Å². The van der Waals surface area contributed by atoms with Crippen LogP contribution in [0.1, 0.15) is 13.3 Å². The molecule has 0 aliphatic carbocycles. The molecule has 1 atom stereocenters. The number of aromatic nitrogens is 1. The maximum atomic E-state index is 5.87. The molecule has 1 aromatic carbocycles. The molecule has 0 amide bonds. The summed E-state index contributed by atoms with van der Waals surface area (Å²) in [5.74, 6) is 1.12. The highest BCUT2D eigenvalue weighted by atomic mass is 15.3. The Hall–Kier alpha value is -1.65. The number of fused-ring (bicyclic) bond motifs is 1. The molecule has 2 aromatic rings. The van der Waals surface area contributed by atoms with E-state index in [4.69, 9.17) is 5.73 Å². The van der Waals surface area contributed by atoms with E-state index in [1.165, 1.54) is 10.8 Å². The maximum Gasteiger partial charge on any atom is 0.136 e. The number of benzene rings is 1. The third-order valence-corrected chi connectivity index (χ3v) is 4.53. The summed E-state index contributed by atoms with van der Waals surface area (Å²) in [4.78, 5) is 9.54. The SMILES string of the molecule is CCC(CN)N1CCN(c2nccc3ccccc23)CC1. The molecule has 1 saturated heterocycles. The molecule has 1 fully saturated rings. The maximum absolute atomic E-state index is 5.87. The fraction of sp³-hybridized carbons (Fsp3) is 0.471. The molecule has 0 saturated carbocycles.